The first kappa shape index (κ1) is 16.8. The van der Waals surface area contributed by atoms with E-state index in [-0.39, 0.29) is 24.3 Å². The van der Waals surface area contributed by atoms with Crippen LogP contribution in [0.3, 0.4) is 0 Å². The molecule has 2 unspecified atom stereocenters. The highest BCUT2D eigenvalue weighted by Gasteiger charge is 2.59. The van der Waals surface area contributed by atoms with Gasteiger partial charge in [-0.1, -0.05) is 32.0 Å². The van der Waals surface area contributed by atoms with Crippen molar-refractivity contribution in [2.24, 2.45) is 5.73 Å². The molecule has 0 amide bonds. The minimum atomic E-state index is -4.88. The summed E-state index contributed by atoms with van der Waals surface area (Å²) in [4.78, 5) is 0. The largest absolute Gasteiger partial charge is 0.493 e. The second-order valence-electron chi connectivity index (χ2n) is 4.62. The van der Waals surface area contributed by atoms with Gasteiger partial charge in [0.2, 0.25) is 5.60 Å². The third-order valence-corrected chi connectivity index (χ3v) is 3.17. The number of nitrogens with two attached hydrogens (primary N) is 1. The van der Waals surface area contributed by atoms with E-state index in [2.05, 4.69) is 0 Å². The molecular formula is C14H20F3NO2. The van der Waals surface area contributed by atoms with Gasteiger partial charge >= 0.3 is 6.18 Å². The maximum absolute atomic E-state index is 13.3. The predicted octanol–water partition coefficient (Wildman–Crippen LogP) is 2.96. The quantitative estimate of drug-likeness (QED) is 0.847. The molecule has 1 aromatic carbocycles. The minimum Gasteiger partial charge on any atom is -0.493 e. The molecule has 2 atom stereocenters. The molecule has 0 aliphatic rings. The van der Waals surface area contributed by atoms with Gasteiger partial charge in [0.15, 0.2) is 0 Å². The normalized spacial score (nSPS) is 16.6. The number of alkyl halides is 3. The van der Waals surface area contributed by atoms with E-state index in [0.29, 0.717) is 6.42 Å². The highest BCUT2D eigenvalue weighted by Crippen LogP contribution is 2.45. The fraction of sp³-hybridized carbons (Fsp3) is 0.571. The van der Waals surface area contributed by atoms with Gasteiger partial charge in [0.1, 0.15) is 5.75 Å². The second kappa shape index (κ2) is 6.45. The van der Waals surface area contributed by atoms with E-state index >= 15 is 0 Å². The number of hydrogen-bond donors (Lipinski definition) is 2. The average molecular weight is 291 g/mol. The van der Waals surface area contributed by atoms with Gasteiger partial charge in [-0.05, 0) is 18.9 Å². The Kier molecular flexibility index (Phi) is 5.42. The summed E-state index contributed by atoms with van der Waals surface area (Å²) in [6, 6.07) is 4.13. The van der Waals surface area contributed by atoms with Gasteiger partial charge in [-0.15, -0.1) is 0 Å². The maximum Gasteiger partial charge on any atom is 0.423 e. The van der Waals surface area contributed by atoms with Crippen LogP contribution in [0.15, 0.2) is 24.3 Å². The van der Waals surface area contributed by atoms with Crippen molar-refractivity contribution in [2.75, 3.05) is 6.61 Å². The van der Waals surface area contributed by atoms with Crippen LogP contribution in [0.2, 0.25) is 0 Å². The zero-order chi connectivity index (χ0) is 15.4. The molecule has 0 aromatic heterocycles. The van der Waals surface area contributed by atoms with Crippen molar-refractivity contribution in [3.05, 3.63) is 29.8 Å². The smallest absolute Gasteiger partial charge is 0.423 e. The summed E-state index contributed by atoms with van der Waals surface area (Å²) < 4.78 is 45.3. The summed E-state index contributed by atoms with van der Waals surface area (Å²) in [5, 5.41) is 10.2. The lowest BCUT2D eigenvalue weighted by molar-refractivity contribution is -0.275. The Hall–Kier alpha value is -1.27. The van der Waals surface area contributed by atoms with Crippen LogP contribution in [-0.4, -0.2) is 23.9 Å². The fourth-order valence-electron chi connectivity index (χ4n) is 1.98. The number of aliphatic hydroxyl groups is 1. The second-order valence-corrected chi connectivity index (χ2v) is 4.62. The fourth-order valence-corrected chi connectivity index (χ4v) is 1.98. The molecule has 114 valence electrons. The van der Waals surface area contributed by atoms with Gasteiger partial charge in [0.25, 0.3) is 0 Å². The lowest BCUT2D eigenvalue weighted by Gasteiger charge is -2.36. The molecule has 0 aliphatic carbocycles. The van der Waals surface area contributed by atoms with Crippen molar-refractivity contribution >= 4 is 0 Å². The zero-order valence-corrected chi connectivity index (χ0v) is 11.6. The molecule has 0 fully saturated rings. The SMILES string of the molecule is CCCOc1ccccc1C(O)(C(N)CC)C(F)(F)F. The molecule has 0 bridgehead atoms. The summed E-state index contributed by atoms with van der Waals surface area (Å²) in [5.74, 6) is 0.0121. The van der Waals surface area contributed by atoms with E-state index < -0.39 is 17.8 Å². The van der Waals surface area contributed by atoms with Crippen molar-refractivity contribution in [2.45, 2.75) is 44.5 Å². The van der Waals surface area contributed by atoms with Crippen LogP contribution < -0.4 is 10.5 Å². The zero-order valence-electron chi connectivity index (χ0n) is 11.6. The number of rotatable bonds is 6. The first-order valence-corrected chi connectivity index (χ1v) is 6.56. The molecule has 0 saturated heterocycles. The number of hydrogen-bond acceptors (Lipinski definition) is 3. The lowest BCUT2D eigenvalue weighted by atomic mass is 9.84. The number of halogens is 3. The summed E-state index contributed by atoms with van der Waals surface area (Å²) in [6.07, 6.45) is -4.25. The molecule has 1 rings (SSSR count). The highest BCUT2D eigenvalue weighted by molar-refractivity contribution is 5.40. The van der Waals surface area contributed by atoms with Gasteiger partial charge < -0.3 is 15.6 Å². The molecule has 0 aliphatic heterocycles. The Bertz CT molecular complexity index is 437. The molecule has 0 spiro atoms. The van der Waals surface area contributed by atoms with Crippen molar-refractivity contribution in [3.63, 3.8) is 0 Å². The van der Waals surface area contributed by atoms with Crippen LogP contribution in [0.1, 0.15) is 32.3 Å². The van der Waals surface area contributed by atoms with E-state index in [1.54, 1.807) is 6.07 Å². The standard InChI is InChI=1S/C14H20F3NO2/c1-3-9-20-11-8-6-5-7-10(11)13(19,12(18)4-2)14(15,16)17/h5-8,12,19H,3-4,9,18H2,1-2H3. The van der Waals surface area contributed by atoms with Crippen LogP contribution in [0.5, 0.6) is 5.75 Å². The summed E-state index contributed by atoms with van der Waals surface area (Å²) >= 11 is 0. The Morgan fingerprint density at radius 1 is 1.25 bits per heavy atom. The van der Waals surface area contributed by atoms with Crippen LogP contribution in [0.25, 0.3) is 0 Å². The minimum absolute atomic E-state index is 0.0121. The van der Waals surface area contributed by atoms with Crippen LogP contribution in [0.4, 0.5) is 13.2 Å². The third kappa shape index (κ3) is 3.07. The van der Waals surface area contributed by atoms with Crippen molar-refractivity contribution < 1.29 is 23.0 Å². The Morgan fingerprint density at radius 2 is 1.85 bits per heavy atom. The summed E-state index contributed by atoms with van der Waals surface area (Å²) in [7, 11) is 0. The van der Waals surface area contributed by atoms with Crippen molar-refractivity contribution in [3.8, 4) is 5.75 Å². The number of para-hydroxylation sites is 1. The molecular weight excluding hydrogens is 271 g/mol. The third-order valence-electron chi connectivity index (χ3n) is 3.17. The molecule has 3 N–H and O–H groups in total. The van der Waals surface area contributed by atoms with Gasteiger partial charge in [-0.2, -0.15) is 13.2 Å². The Labute approximate surface area is 116 Å². The molecule has 20 heavy (non-hydrogen) atoms. The number of benzene rings is 1. The van der Waals surface area contributed by atoms with Gasteiger partial charge in [-0.25, -0.2) is 0 Å². The lowest BCUT2D eigenvalue weighted by Crippen LogP contribution is -2.55. The van der Waals surface area contributed by atoms with E-state index in [9.17, 15) is 18.3 Å². The molecule has 3 nitrogen and oxygen atoms in total. The first-order chi connectivity index (χ1) is 9.29. The van der Waals surface area contributed by atoms with Gasteiger partial charge in [0.05, 0.1) is 6.61 Å². The van der Waals surface area contributed by atoms with E-state index in [4.69, 9.17) is 10.5 Å². The molecule has 0 heterocycles. The van der Waals surface area contributed by atoms with Gasteiger partial charge in [0, 0.05) is 11.6 Å². The summed E-state index contributed by atoms with van der Waals surface area (Å²) in [5.41, 5.74) is 2.08. The van der Waals surface area contributed by atoms with Crippen LogP contribution >= 0.6 is 0 Å². The van der Waals surface area contributed by atoms with E-state index in [1.807, 2.05) is 6.92 Å². The van der Waals surface area contributed by atoms with Crippen LogP contribution in [-0.2, 0) is 5.60 Å². The Morgan fingerprint density at radius 3 is 2.35 bits per heavy atom. The average Bonchev–Trinajstić information content (AvgIpc) is 2.42. The predicted molar refractivity (Wildman–Crippen MR) is 70.4 cm³/mol. The Balaban J connectivity index is 3.35. The molecule has 6 heteroatoms. The first-order valence-electron chi connectivity index (χ1n) is 6.56. The van der Waals surface area contributed by atoms with Crippen molar-refractivity contribution in [1.29, 1.82) is 0 Å². The summed E-state index contributed by atoms with van der Waals surface area (Å²) in [6.45, 7) is 3.61. The molecule has 0 saturated carbocycles. The number of ether oxygens (including phenoxy) is 1. The van der Waals surface area contributed by atoms with Gasteiger partial charge in [-0.3, -0.25) is 0 Å². The molecule has 0 radical (unpaired) electrons. The van der Waals surface area contributed by atoms with E-state index in [1.165, 1.54) is 25.1 Å². The van der Waals surface area contributed by atoms with Crippen LogP contribution in [0, 0.1) is 0 Å². The maximum atomic E-state index is 13.3. The highest BCUT2D eigenvalue weighted by atomic mass is 19.4. The monoisotopic (exact) mass is 291 g/mol. The topological polar surface area (TPSA) is 55.5 Å². The van der Waals surface area contributed by atoms with E-state index in [0.717, 1.165) is 0 Å². The van der Waals surface area contributed by atoms with Crippen molar-refractivity contribution in [1.82, 2.24) is 0 Å². The molecule has 1 aromatic rings.